The van der Waals surface area contributed by atoms with E-state index in [-0.39, 0.29) is 41.7 Å². The Morgan fingerprint density at radius 2 is 0.850 bits per heavy atom. The van der Waals surface area contributed by atoms with Gasteiger partial charge in [0.05, 0.1) is 121 Å². The zero-order valence-corrected chi connectivity index (χ0v) is 55.8. The number of halogens is 3. The Bertz CT molecular complexity index is 5100. The van der Waals surface area contributed by atoms with Gasteiger partial charge in [0, 0.05) is 131 Å². The zero-order valence-electron chi connectivity index (χ0n) is 55.8. The quantitative estimate of drug-likeness (QED) is 0.0568. The predicted octanol–water partition coefficient (Wildman–Crippen LogP) is 10.2. The molecule has 3 N–H and O–H groups in total. The molecule has 0 atom stereocenters. The average Bonchev–Trinajstić information content (AvgIpc) is 0.896. The Hall–Kier alpha value is -12.9. The Labute approximate surface area is 569 Å². The Morgan fingerprint density at radius 1 is 0.440 bits per heavy atom. The number of methoxy groups -OCH3 is 6. The third-order valence-electron chi connectivity index (χ3n) is 15.5. The van der Waals surface area contributed by atoms with Crippen LogP contribution in [0.5, 0.6) is 34.5 Å². The average molecular weight is 1360 g/mol. The van der Waals surface area contributed by atoms with E-state index in [0.29, 0.717) is 104 Å². The molecule has 29 nitrogen and oxygen atoms in total. The van der Waals surface area contributed by atoms with Crippen molar-refractivity contribution in [3.05, 3.63) is 182 Å². The maximum atomic E-state index is 15.4. The van der Waals surface area contributed by atoms with Gasteiger partial charge in [0.1, 0.15) is 68.6 Å². The van der Waals surface area contributed by atoms with Gasteiger partial charge >= 0.3 is 0 Å². The van der Waals surface area contributed by atoms with E-state index in [1.54, 1.807) is 140 Å². The van der Waals surface area contributed by atoms with Gasteiger partial charge in [0.2, 0.25) is 0 Å². The molecule has 0 radical (unpaired) electrons. The van der Waals surface area contributed by atoms with Crippen LogP contribution in [0, 0.1) is 17.5 Å². The van der Waals surface area contributed by atoms with Gasteiger partial charge in [-0.25, -0.2) is 53.0 Å². The van der Waals surface area contributed by atoms with E-state index < -0.39 is 17.5 Å². The molecule has 100 heavy (non-hydrogen) atoms. The lowest BCUT2D eigenvalue weighted by Crippen LogP contribution is -2.29. The summed E-state index contributed by atoms with van der Waals surface area (Å²) in [5.41, 5.74) is 8.28. The van der Waals surface area contributed by atoms with E-state index in [0.717, 1.165) is 28.2 Å². The van der Waals surface area contributed by atoms with E-state index in [1.165, 1.54) is 45.5 Å². The Kier molecular flexibility index (Phi) is 20.2. The van der Waals surface area contributed by atoms with Gasteiger partial charge < -0.3 is 58.4 Å². The summed E-state index contributed by atoms with van der Waals surface area (Å²) in [7, 11) is 16.0. The van der Waals surface area contributed by atoms with Crippen molar-refractivity contribution in [2.45, 2.75) is 13.1 Å². The van der Waals surface area contributed by atoms with Crippen LogP contribution >= 0.6 is 0 Å². The number of rotatable bonds is 22. The Morgan fingerprint density at radius 3 is 1.24 bits per heavy atom. The van der Waals surface area contributed by atoms with Crippen molar-refractivity contribution in [3.8, 4) is 68.3 Å². The smallest absolute Gasteiger partial charge is 0.191 e. The summed E-state index contributed by atoms with van der Waals surface area (Å²) in [6, 6.07) is 20.6. The fourth-order valence-electron chi connectivity index (χ4n) is 10.5. The van der Waals surface area contributed by atoms with Crippen LogP contribution in [0.25, 0.3) is 67.3 Å². The molecule has 3 aromatic carbocycles. The Balaban J connectivity index is 0.000000142. The fourth-order valence-corrected chi connectivity index (χ4v) is 10.5. The molecule has 0 saturated heterocycles. The molecule has 11 heterocycles. The molecule has 0 fully saturated rings. The van der Waals surface area contributed by atoms with Crippen LogP contribution in [0.1, 0.15) is 11.6 Å². The van der Waals surface area contributed by atoms with E-state index in [2.05, 4.69) is 70.5 Å². The van der Waals surface area contributed by atoms with E-state index in [9.17, 15) is 0 Å². The molecule has 510 valence electrons. The molecule has 0 aliphatic heterocycles. The lowest BCUT2D eigenvalue weighted by atomic mass is 10.2. The lowest BCUT2D eigenvalue weighted by Gasteiger charge is -2.26. The van der Waals surface area contributed by atoms with Crippen molar-refractivity contribution in [2.24, 2.45) is 21.1 Å². The summed E-state index contributed by atoms with van der Waals surface area (Å²) in [6.45, 7) is 1.32. The van der Waals surface area contributed by atoms with Gasteiger partial charge in [-0.15, -0.1) is 0 Å². The van der Waals surface area contributed by atoms with Crippen LogP contribution in [-0.4, -0.2) is 157 Å². The molecule has 14 aromatic rings. The standard InChI is InChI=1S/C23H21FN8O2.C23H22N8O2.C22H23F2N7O2/c1-31-12-14(10-28-31)17-11-27-16-4-5-21(30-23(16)29-17)32(13-20-25-6-7-26-20)18-8-15(33-2)9-19(34-3)22(18)24;1-30-13-15(11-27-30)20-12-26-19-4-5-22(29-23(19)28-20)31(14-21-24-6-7-25-21)16-8-17(32-2)10-18(9-16)33-3;1-25-7-8-31(21-19(23)16(32-3)9-17(33-4)20(21)24)18-6-5-14-22(29-18)28-15(11-26-14)13-10-27-30(2)12-13/h4-12H,13H2,1-3H3,(H,25,26);4-13H,14H2,1-3H3,(H,24,25);5-6,9-12,25H,7-8H2,1-4H3. The minimum atomic E-state index is -0.857. The highest BCUT2D eigenvalue weighted by atomic mass is 19.1. The van der Waals surface area contributed by atoms with Crippen molar-refractivity contribution in [1.82, 2.24) is 99.4 Å². The molecule has 0 aliphatic rings. The second-order valence-electron chi connectivity index (χ2n) is 22.0. The van der Waals surface area contributed by atoms with E-state index in [4.69, 9.17) is 43.4 Å². The first-order valence-corrected chi connectivity index (χ1v) is 30.7. The van der Waals surface area contributed by atoms with Crippen molar-refractivity contribution >= 4 is 68.0 Å². The number of anilines is 6. The molecule has 0 amide bonds. The largest absolute Gasteiger partial charge is 0.497 e. The van der Waals surface area contributed by atoms with Gasteiger partial charge in [0.25, 0.3) is 0 Å². The maximum absolute atomic E-state index is 15.4. The van der Waals surface area contributed by atoms with Crippen molar-refractivity contribution in [1.29, 1.82) is 0 Å². The SMILES string of the molecule is CNCCN(c1ccc2ncc(-c3cnn(C)c3)nc2n1)c1c(F)c(OC)cc(OC)c1F.COc1cc(OC)c(F)c(N(Cc2ncc[nH]2)c2ccc3ncc(-c4cnn(C)c4)nc3n2)c1.COc1cc(OC)cc(N(Cc2ncc[nH]2)c2ccc3ncc(-c4cnn(C)c4)nc3n2)c1. The number of imidazole rings is 2. The normalized spacial score (nSPS) is 11.1. The number of aromatic amines is 2. The number of nitrogens with zero attached hydrogens (tertiary/aromatic N) is 20. The second kappa shape index (κ2) is 30.0. The molecule has 0 aliphatic carbocycles. The number of aromatic nitrogens is 19. The van der Waals surface area contributed by atoms with Crippen LogP contribution in [-0.2, 0) is 34.2 Å². The molecule has 0 unspecified atom stereocenters. The van der Waals surface area contributed by atoms with Crippen molar-refractivity contribution in [3.63, 3.8) is 0 Å². The molecule has 0 saturated carbocycles. The highest BCUT2D eigenvalue weighted by Gasteiger charge is 2.28. The third kappa shape index (κ3) is 14.7. The van der Waals surface area contributed by atoms with E-state index in [1.807, 2.05) is 67.9 Å². The summed E-state index contributed by atoms with van der Waals surface area (Å²) >= 11 is 0. The van der Waals surface area contributed by atoms with Crippen LogP contribution in [0.15, 0.2) is 153 Å². The second-order valence-corrected chi connectivity index (χ2v) is 22.0. The fraction of sp³-hybridized carbons (Fsp3) is 0.206. The van der Waals surface area contributed by atoms with Crippen LogP contribution in [0.2, 0.25) is 0 Å². The number of ether oxygens (including phenoxy) is 6. The summed E-state index contributed by atoms with van der Waals surface area (Å²) in [5, 5.41) is 15.5. The number of likely N-dealkylation sites (N-methyl/N-ethyl adjacent to an activating group) is 1. The molecule has 11 aromatic heterocycles. The lowest BCUT2D eigenvalue weighted by molar-refractivity contribution is 0.359. The predicted molar refractivity (Wildman–Crippen MR) is 367 cm³/mol. The minimum absolute atomic E-state index is 0.0539. The maximum Gasteiger partial charge on any atom is 0.191 e. The number of hydrogen-bond donors (Lipinski definition) is 3. The first-order chi connectivity index (χ1) is 48.6. The number of aryl methyl sites for hydroxylation is 3. The minimum Gasteiger partial charge on any atom is -0.497 e. The summed E-state index contributed by atoms with van der Waals surface area (Å²) in [5.74, 6) is 2.14. The molecular formula is C68H66F3N23O6. The van der Waals surface area contributed by atoms with E-state index >= 15 is 13.2 Å². The van der Waals surface area contributed by atoms with Gasteiger partial charge in [-0.1, -0.05) is 0 Å². The molecule has 32 heteroatoms. The highest BCUT2D eigenvalue weighted by Crippen LogP contribution is 2.41. The first-order valence-electron chi connectivity index (χ1n) is 30.7. The number of benzene rings is 3. The first kappa shape index (κ1) is 67.1. The molecular weight excluding hydrogens is 1290 g/mol. The number of H-pyrrole nitrogens is 2. The monoisotopic (exact) mass is 1360 g/mol. The van der Waals surface area contributed by atoms with Crippen molar-refractivity contribution in [2.75, 3.05) is 77.5 Å². The van der Waals surface area contributed by atoms with Crippen molar-refractivity contribution < 1.29 is 41.6 Å². The number of nitrogens with one attached hydrogen (secondary N) is 3. The van der Waals surface area contributed by atoms with Gasteiger partial charge in [-0.2, -0.15) is 15.3 Å². The van der Waals surface area contributed by atoms with Gasteiger partial charge in [-0.3, -0.25) is 29.0 Å². The van der Waals surface area contributed by atoms with Gasteiger partial charge in [-0.05, 0) is 43.4 Å². The topological polar surface area (TPSA) is 304 Å². The van der Waals surface area contributed by atoms with Crippen LogP contribution < -0.4 is 48.4 Å². The summed E-state index contributed by atoms with van der Waals surface area (Å²) < 4.78 is 82.8. The molecule has 0 bridgehead atoms. The highest BCUT2D eigenvalue weighted by molar-refractivity contribution is 5.80. The molecule has 14 rings (SSSR count). The number of pyridine rings is 3. The van der Waals surface area contributed by atoms with Crippen LogP contribution in [0.3, 0.4) is 0 Å². The summed E-state index contributed by atoms with van der Waals surface area (Å²) in [6.07, 6.45) is 22.6. The summed E-state index contributed by atoms with van der Waals surface area (Å²) in [4.78, 5) is 61.5. The number of hydrogen-bond acceptors (Lipinski definition) is 24. The zero-order chi connectivity index (χ0) is 70.0. The number of fused-ring (bicyclic) bond motifs is 3. The third-order valence-corrected chi connectivity index (χ3v) is 15.5. The van der Waals surface area contributed by atoms with Crippen LogP contribution in [0.4, 0.5) is 47.7 Å². The van der Waals surface area contributed by atoms with Gasteiger partial charge in [0.15, 0.2) is 51.6 Å². The molecule has 0 spiro atoms.